The zero-order valence-corrected chi connectivity index (χ0v) is 10.0. The van der Waals surface area contributed by atoms with Crippen molar-refractivity contribution in [3.05, 3.63) is 0 Å². The molecule has 5 nitrogen and oxygen atoms in total. The fourth-order valence-electron chi connectivity index (χ4n) is 2.89. The van der Waals surface area contributed by atoms with Crippen LogP contribution in [0.5, 0.6) is 0 Å². The van der Waals surface area contributed by atoms with Crippen LogP contribution in [-0.4, -0.2) is 49.1 Å². The highest BCUT2D eigenvalue weighted by Crippen LogP contribution is 2.36. The van der Waals surface area contributed by atoms with E-state index in [1.165, 1.54) is 0 Å². The number of hydrogen-bond acceptors (Lipinski definition) is 3. The largest absolute Gasteiger partial charge is 0.370 e. The Hall–Kier alpha value is -1.10. The Morgan fingerprint density at radius 1 is 1.29 bits per heavy atom. The van der Waals surface area contributed by atoms with E-state index in [-0.39, 0.29) is 35.9 Å². The minimum Gasteiger partial charge on any atom is -0.370 e. The van der Waals surface area contributed by atoms with E-state index in [9.17, 15) is 9.59 Å². The maximum atomic E-state index is 12.0. The van der Waals surface area contributed by atoms with Gasteiger partial charge in [-0.2, -0.15) is 0 Å². The zero-order chi connectivity index (χ0) is 12.0. The van der Waals surface area contributed by atoms with Crippen LogP contribution in [0.4, 0.5) is 0 Å². The van der Waals surface area contributed by atoms with Crippen LogP contribution in [0, 0.1) is 11.8 Å². The topological polar surface area (TPSA) is 58.6 Å². The number of nitrogens with zero attached hydrogens (tertiary/aromatic N) is 1. The normalized spacial score (nSPS) is 35.8. The Balaban J connectivity index is 1.68. The first-order valence-electron chi connectivity index (χ1n) is 6.35. The summed E-state index contributed by atoms with van der Waals surface area (Å²) in [4.78, 5) is 25.6. The third-order valence-electron chi connectivity index (χ3n) is 3.98. The highest BCUT2D eigenvalue weighted by atomic mass is 16.5. The van der Waals surface area contributed by atoms with Gasteiger partial charge in [0.15, 0.2) is 0 Å². The van der Waals surface area contributed by atoms with Gasteiger partial charge in [0.05, 0.1) is 18.1 Å². The number of carbonyl (C=O) groups excluding carboxylic acids is 2. The van der Waals surface area contributed by atoms with Crippen LogP contribution < -0.4 is 5.32 Å². The molecule has 1 N–H and O–H groups in total. The molecule has 2 saturated heterocycles. The molecular formula is C12H18N2O3. The number of hydrogen-bond donors (Lipinski definition) is 1. The summed E-state index contributed by atoms with van der Waals surface area (Å²) >= 11 is 0. The molecule has 0 aromatic heterocycles. The predicted octanol–water partition coefficient (Wildman–Crippen LogP) is -0.242. The van der Waals surface area contributed by atoms with E-state index >= 15 is 0 Å². The van der Waals surface area contributed by atoms with E-state index in [1.807, 2.05) is 4.90 Å². The van der Waals surface area contributed by atoms with Crippen molar-refractivity contribution in [1.29, 1.82) is 0 Å². The minimum atomic E-state index is -0.101. The van der Waals surface area contributed by atoms with Gasteiger partial charge in [0.25, 0.3) is 0 Å². The van der Waals surface area contributed by atoms with E-state index in [1.54, 1.807) is 7.05 Å². The number of amides is 2. The number of rotatable bonds is 2. The SMILES string of the molecule is CNC(=O)C1CC2CN(C(=O)C3CC3)CC1O2. The molecule has 2 amide bonds. The molecule has 5 heteroatoms. The Kier molecular flexibility index (Phi) is 2.58. The Labute approximate surface area is 100 Å². The second-order valence-electron chi connectivity index (χ2n) is 5.27. The Bertz CT molecular complexity index is 354. The van der Waals surface area contributed by atoms with Crippen LogP contribution in [0.15, 0.2) is 0 Å². The molecule has 3 atom stereocenters. The van der Waals surface area contributed by atoms with Gasteiger partial charge in [-0.05, 0) is 19.3 Å². The molecule has 94 valence electrons. The minimum absolute atomic E-state index is 0.0400. The lowest BCUT2D eigenvalue weighted by Crippen LogP contribution is -2.48. The summed E-state index contributed by atoms with van der Waals surface area (Å²) in [5.74, 6) is 0.479. The van der Waals surface area contributed by atoms with E-state index < -0.39 is 0 Å². The second-order valence-corrected chi connectivity index (χ2v) is 5.27. The van der Waals surface area contributed by atoms with Crippen LogP contribution in [0.1, 0.15) is 19.3 Å². The molecule has 3 aliphatic rings. The molecular weight excluding hydrogens is 220 g/mol. The van der Waals surface area contributed by atoms with Crippen LogP contribution in [0.25, 0.3) is 0 Å². The van der Waals surface area contributed by atoms with Crippen molar-refractivity contribution in [2.45, 2.75) is 31.5 Å². The standard InChI is InChI=1S/C12H18N2O3/c1-13-11(15)9-4-8-5-14(6-10(9)17-8)12(16)7-2-3-7/h7-10H,2-6H2,1H3,(H,13,15). The van der Waals surface area contributed by atoms with Gasteiger partial charge >= 0.3 is 0 Å². The van der Waals surface area contributed by atoms with Gasteiger partial charge in [-0.15, -0.1) is 0 Å². The van der Waals surface area contributed by atoms with Crippen LogP contribution in [0.3, 0.4) is 0 Å². The van der Waals surface area contributed by atoms with Crippen molar-refractivity contribution in [3.63, 3.8) is 0 Å². The maximum Gasteiger partial charge on any atom is 0.225 e. The molecule has 3 unspecified atom stereocenters. The van der Waals surface area contributed by atoms with Crippen molar-refractivity contribution in [3.8, 4) is 0 Å². The first kappa shape index (κ1) is 11.0. The third-order valence-corrected chi connectivity index (χ3v) is 3.98. The number of likely N-dealkylation sites (tertiary alicyclic amines) is 1. The van der Waals surface area contributed by atoms with Gasteiger partial charge in [0.1, 0.15) is 0 Å². The predicted molar refractivity (Wildman–Crippen MR) is 60.1 cm³/mol. The lowest BCUT2D eigenvalue weighted by molar-refractivity contribution is -0.143. The average Bonchev–Trinajstić information content (AvgIpc) is 3.14. The first-order valence-corrected chi connectivity index (χ1v) is 6.35. The summed E-state index contributed by atoms with van der Waals surface area (Å²) in [6.45, 7) is 1.25. The Morgan fingerprint density at radius 2 is 2.06 bits per heavy atom. The fraction of sp³-hybridized carbons (Fsp3) is 0.833. The average molecular weight is 238 g/mol. The van der Waals surface area contributed by atoms with Gasteiger partial charge in [0.2, 0.25) is 11.8 Å². The number of ether oxygens (including phenoxy) is 1. The van der Waals surface area contributed by atoms with Crippen molar-refractivity contribution in [2.75, 3.05) is 20.1 Å². The van der Waals surface area contributed by atoms with Crippen molar-refractivity contribution < 1.29 is 14.3 Å². The van der Waals surface area contributed by atoms with Gasteiger partial charge in [-0.25, -0.2) is 0 Å². The van der Waals surface area contributed by atoms with E-state index in [0.717, 1.165) is 19.3 Å². The molecule has 2 aliphatic heterocycles. The summed E-state index contributed by atoms with van der Waals surface area (Å²) < 4.78 is 5.76. The monoisotopic (exact) mass is 238 g/mol. The molecule has 3 rings (SSSR count). The quantitative estimate of drug-likeness (QED) is 0.722. The Morgan fingerprint density at radius 3 is 2.71 bits per heavy atom. The maximum absolute atomic E-state index is 12.0. The van der Waals surface area contributed by atoms with E-state index in [0.29, 0.717) is 13.1 Å². The highest BCUT2D eigenvalue weighted by molar-refractivity contribution is 5.82. The molecule has 17 heavy (non-hydrogen) atoms. The smallest absolute Gasteiger partial charge is 0.225 e. The van der Waals surface area contributed by atoms with Gasteiger partial charge < -0.3 is 15.0 Å². The van der Waals surface area contributed by atoms with Gasteiger partial charge in [-0.3, -0.25) is 9.59 Å². The molecule has 1 saturated carbocycles. The lowest BCUT2D eigenvalue weighted by Gasteiger charge is -2.32. The molecule has 0 radical (unpaired) electrons. The molecule has 3 fully saturated rings. The molecule has 0 aromatic carbocycles. The summed E-state index contributed by atoms with van der Waals surface area (Å²) in [5, 5.41) is 2.68. The number of carbonyl (C=O) groups is 2. The molecule has 2 bridgehead atoms. The van der Waals surface area contributed by atoms with Crippen molar-refractivity contribution in [1.82, 2.24) is 10.2 Å². The fourth-order valence-corrected chi connectivity index (χ4v) is 2.89. The zero-order valence-electron chi connectivity index (χ0n) is 10.0. The van der Waals surface area contributed by atoms with Crippen molar-refractivity contribution in [2.24, 2.45) is 11.8 Å². The lowest BCUT2D eigenvalue weighted by atomic mass is 10.00. The van der Waals surface area contributed by atoms with Crippen LogP contribution in [0.2, 0.25) is 0 Å². The van der Waals surface area contributed by atoms with Crippen molar-refractivity contribution >= 4 is 11.8 Å². The number of fused-ring (bicyclic) bond motifs is 2. The summed E-state index contributed by atoms with van der Waals surface area (Å²) in [6, 6.07) is 0. The second kappa shape index (κ2) is 3.98. The van der Waals surface area contributed by atoms with Gasteiger partial charge in [-0.1, -0.05) is 0 Å². The van der Waals surface area contributed by atoms with E-state index in [4.69, 9.17) is 4.74 Å². The van der Waals surface area contributed by atoms with Gasteiger partial charge in [0, 0.05) is 26.1 Å². The number of nitrogens with one attached hydrogen (secondary N) is 1. The summed E-state index contributed by atoms with van der Waals surface area (Å²) in [5.41, 5.74) is 0. The molecule has 0 aromatic rings. The molecule has 1 aliphatic carbocycles. The third kappa shape index (κ3) is 1.92. The summed E-state index contributed by atoms with van der Waals surface area (Å²) in [6.07, 6.45) is 2.77. The number of morpholine rings is 1. The molecule has 0 spiro atoms. The molecule has 2 heterocycles. The van der Waals surface area contributed by atoms with Crippen LogP contribution >= 0.6 is 0 Å². The van der Waals surface area contributed by atoms with E-state index in [2.05, 4.69) is 5.32 Å². The first-order chi connectivity index (χ1) is 8.19. The summed E-state index contributed by atoms with van der Waals surface area (Å²) in [7, 11) is 1.65. The van der Waals surface area contributed by atoms with Crippen LogP contribution in [-0.2, 0) is 14.3 Å². The highest BCUT2D eigenvalue weighted by Gasteiger charge is 2.47.